The zero-order valence-corrected chi connectivity index (χ0v) is 28.0. The van der Waals surface area contributed by atoms with Crippen molar-refractivity contribution in [2.75, 3.05) is 0 Å². The van der Waals surface area contributed by atoms with Crippen molar-refractivity contribution in [1.29, 1.82) is 0 Å². The Kier molecular flexibility index (Phi) is 6.36. The van der Waals surface area contributed by atoms with E-state index < -0.39 is 11.1 Å². The van der Waals surface area contributed by atoms with Gasteiger partial charge in [-0.05, 0) is 66.3 Å². The molecule has 0 radical (unpaired) electrons. The van der Waals surface area contributed by atoms with Gasteiger partial charge in [-0.25, -0.2) is 0 Å². The molecule has 0 saturated heterocycles. The van der Waals surface area contributed by atoms with E-state index in [0.29, 0.717) is 5.90 Å². The molecule has 1 aliphatic heterocycles. The van der Waals surface area contributed by atoms with Crippen LogP contribution in [0.1, 0.15) is 55.5 Å². The van der Waals surface area contributed by atoms with Crippen LogP contribution in [0.25, 0.3) is 38.8 Å². The van der Waals surface area contributed by atoms with Crippen LogP contribution in [0.4, 0.5) is 0 Å². The molecule has 2 atom stereocenters. The number of rotatable bonds is 3. The van der Waals surface area contributed by atoms with Crippen molar-refractivity contribution in [3.63, 3.8) is 0 Å². The van der Waals surface area contributed by atoms with Crippen LogP contribution in [0.5, 0.6) is 0 Å². The van der Waals surface area contributed by atoms with Crippen LogP contribution < -0.4 is 0 Å². The van der Waals surface area contributed by atoms with Gasteiger partial charge in [0, 0.05) is 17.1 Å². The summed E-state index contributed by atoms with van der Waals surface area (Å²) >= 11 is 0. The Morgan fingerprint density at radius 2 is 1.48 bits per heavy atom. The first-order valence-electron chi connectivity index (χ1n) is 14.9. The Bertz CT molecular complexity index is 2160. The number of pyridine rings is 1. The molecule has 4 aromatic carbocycles. The van der Waals surface area contributed by atoms with Gasteiger partial charge in [0.25, 0.3) is 0 Å². The number of fused-ring (bicyclic) bond motifs is 6. The number of aliphatic imine (C=N–C) groups is 1. The average Bonchev–Trinajstić information content (AvgIpc) is 3.53. The van der Waals surface area contributed by atoms with E-state index in [1.165, 1.54) is 22.1 Å². The van der Waals surface area contributed by atoms with E-state index in [0.717, 1.165) is 44.5 Å². The van der Waals surface area contributed by atoms with Crippen molar-refractivity contribution in [3.05, 3.63) is 131 Å². The van der Waals surface area contributed by atoms with Crippen molar-refractivity contribution < 1.29 is 25.8 Å². The van der Waals surface area contributed by atoms with E-state index in [1.54, 1.807) is 0 Å². The van der Waals surface area contributed by atoms with Gasteiger partial charge in [-0.3, -0.25) is 4.99 Å². The molecule has 220 valence electrons. The largest absolute Gasteiger partial charge is 2.00 e. The van der Waals surface area contributed by atoms with Crippen molar-refractivity contribution in [2.24, 2.45) is 4.99 Å². The number of hydrogen-bond acceptors (Lipinski definition) is 3. The molecule has 3 heterocycles. The molecule has 0 bridgehead atoms. The van der Waals surface area contributed by atoms with Gasteiger partial charge in [-0.15, -0.1) is 47.5 Å². The standard InChI is InChI=1S/C39H33N3O.Pt/c1-24-17-18-40-33(21-24)26-15-16-30-29-11-7-10-14-34(29)42(35(30)23-26)28-20-25(2)19-27(22-28)36-41-38(5)32-13-9-8-12-31(32)37(3,4)39(38,6)43-36;/h7-21H,1-6H3;/q-2;+2/t38-,39+;/m1./s1. The third-order valence-electron chi connectivity index (χ3n) is 10.1. The first-order chi connectivity index (χ1) is 20.6. The fourth-order valence-electron chi connectivity index (χ4n) is 7.41. The quantitative estimate of drug-likeness (QED) is 0.170. The number of para-hydroxylation sites is 1. The third kappa shape index (κ3) is 3.80. The maximum atomic E-state index is 6.94. The molecule has 8 rings (SSSR count). The molecule has 0 spiro atoms. The van der Waals surface area contributed by atoms with E-state index in [2.05, 4.69) is 142 Å². The van der Waals surface area contributed by atoms with Gasteiger partial charge in [0.1, 0.15) is 17.0 Å². The Morgan fingerprint density at radius 3 is 2.27 bits per heavy atom. The van der Waals surface area contributed by atoms with E-state index >= 15 is 0 Å². The minimum atomic E-state index is -0.535. The second-order valence-corrected chi connectivity index (χ2v) is 13.0. The van der Waals surface area contributed by atoms with Gasteiger partial charge in [-0.2, -0.15) is 0 Å². The number of ether oxygens (including phenoxy) is 1. The summed E-state index contributed by atoms with van der Waals surface area (Å²) in [5.41, 5.74) is 9.34. The predicted octanol–water partition coefficient (Wildman–Crippen LogP) is 8.80. The molecule has 2 aliphatic rings. The number of aryl methyl sites for hydroxylation is 2. The molecule has 44 heavy (non-hydrogen) atoms. The number of aromatic nitrogens is 2. The third-order valence-corrected chi connectivity index (χ3v) is 10.1. The SMILES string of the molecule is Cc1cc(C2=N[C@]3(C)c4ccccc4C(C)(C)[C@]3(C)O2)[c-]c(-n2c3[c-]c(-c4cc(C)ccn4)ccc3c3ccccc32)c1.[Pt+2]. The zero-order chi connectivity index (χ0) is 29.7. The fraction of sp³-hybridized carbons (Fsp3) is 0.231. The van der Waals surface area contributed by atoms with Crippen LogP contribution in [0.15, 0.2) is 96.1 Å². The number of benzene rings is 4. The summed E-state index contributed by atoms with van der Waals surface area (Å²) in [6.45, 7) is 13.2. The maximum absolute atomic E-state index is 6.94. The van der Waals surface area contributed by atoms with Crippen LogP contribution in [-0.2, 0) is 36.8 Å². The normalized spacial score (nSPS) is 21.5. The Labute approximate surface area is 273 Å². The van der Waals surface area contributed by atoms with Gasteiger partial charge in [0.05, 0.1) is 0 Å². The van der Waals surface area contributed by atoms with Crippen molar-refractivity contribution in [1.82, 2.24) is 9.55 Å². The molecule has 0 amide bonds. The van der Waals surface area contributed by atoms with Gasteiger partial charge in [0.15, 0.2) is 0 Å². The van der Waals surface area contributed by atoms with Crippen molar-refractivity contribution in [3.8, 4) is 16.9 Å². The summed E-state index contributed by atoms with van der Waals surface area (Å²) in [6, 6.07) is 37.4. The second kappa shape index (κ2) is 9.74. The minimum Gasteiger partial charge on any atom is -0.510 e. The Balaban J connectivity index is 0.00000312. The maximum Gasteiger partial charge on any atom is 2.00 e. The fourth-order valence-corrected chi connectivity index (χ4v) is 7.41. The smallest absolute Gasteiger partial charge is 0.510 e. The van der Waals surface area contributed by atoms with Gasteiger partial charge >= 0.3 is 21.1 Å². The number of nitrogens with zero attached hydrogens (tertiary/aromatic N) is 3. The van der Waals surface area contributed by atoms with Crippen LogP contribution in [-0.4, -0.2) is 21.0 Å². The molecule has 1 aliphatic carbocycles. The Hall–Kier alpha value is -4.01. The summed E-state index contributed by atoms with van der Waals surface area (Å²) in [7, 11) is 0. The van der Waals surface area contributed by atoms with Gasteiger partial charge in [-0.1, -0.05) is 85.8 Å². The molecule has 0 fully saturated rings. The summed E-state index contributed by atoms with van der Waals surface area (Å²) in [6.07, 6.45) is 1.86. The molecule has 4 nitrogen and oxygen atoms in total. The minimum absolute atomic E-state index is 0. The molecule has 5 heteroatoms. The van der Waals surface area contributed by atoms with E-state index in [4.69, 9.17) is 9.73 Å². The van der Waals surface area contributed by atoms with E-state index in [9.17, 15) is 0 Å². The summed E-state index contributed by atoms with van der Waals surface area (Å²) < 4.78 is 9.21. The monoisotopic (exact) mass is 754 g/mol. The molecule has 2 aromatic heterocycles. The van der Waals surface area contributed by atoms with Crippen molar-refractivity contribution >= 4 is 27.7 Å². The molecule has 0 unspecified atom stereocenters. The predicted molar refractivity (Wildman–Crippen MR) is 174 cm³/mol. The van der Waals surface area contributed by atoms with E-state index in [-0.39, 0.29) is 26.5 Å². The summed E-state index contributed by atoms with van der Waals surface area (Å²) in [5.74, 6) is 0.645. The van der Waals surface area contributed by atoms with E-state index in [1.807, 2.05) is 12.3 Å². The topological polar surface area (TPSA) is 39.4 Å². The van der Waals surface area contributed by atoms with Crippen LogP contribution in [0.2, 0.25) is 0 Å². The van der Waals surface area contributed by atoms with Gasteiger partial charge in [0.2, 0.25) is 0 Å². The zero-order valence-electron chi connectivity index (χ0n) is 25.7. The first-order valence-corrected chi connectivity index (χ1v) is 14.9. The Morgan fingerprint density at radius 1 is 0.727 bits per heavy atom. The van der Waals surface area contributed by atoms with Crippen LogP contribution in [0, 0.1) is 26.0 Å². The van der Waals surface area contributed by atoms with Crippen LogP contribution in [0.3, 0.4) is 0 Å². The molecule has 0 N–H and O–H groups in total. The first kappa shape index (κ1) is 28.7. The molecule has 0 saturated carbocycles. The van der Waals surface area contributed by atoms with Gasteiger partial charge < -0.3 is 14.3 Å². The second-order valence-electron chi connectivity index (χ2n) is 13.0. The van der Waals surface area contributed by atoms with Crippen LogP contribution >= 0.6 is 0 Å². The molecule has 6 aromatic rings. The summed E-state index contributed by atoms with van der Waals surface area (Å²) in [5, 5.41) is 2.32. The molecular formula is C39H33N3OPt. The summed E-state index contributed by atoms with van der Waals surface area (Å²) in [4.78, 5) is 9.99. The van der Waals surface area contributed by atoms with Crippen molar-refractivity contribution in [2.45, 2.75) is 58.1 Å². The number of hydrogen-bond donors (Lipinski definition) is 0. The molecular weight excluding hydrogens is 722 g/mol. The average molecular weight is 755 g/mol.